The van der Waals surface area contributed by atoms with E-state index in [9.17, 15) is 9.59 Å². The van der Waals surface area contributed by atoms with Crippen LogP contribution in [0.3, 0.4) is 0 Å². The number of hydrogen-bond donors (Lipinski definition) is 2. The summed E-state index contributed by atoms with van der Waals surface area (Å²) in [5, 5.41) is 6.95. The molecule has 3 aromatic rings. The van der Waals surface area contributed by atoms with Gasteiger partial charge in [0.2, 0.25) is 5.91 Å². The van der Waals surface area contributed by atoms with E-state index >= 15 is 0 Å². The maximum absolute atomic E-state index is 13.3. The first-order chi connectivity index (χ1) is 19.3. The van der Waals surface area contributed by atoms with Crippen molar-refractivity contribution in [1.29, 1.82) is 0 Å². The minimum absolute atomic E-state index is 0.0800. The van der Waals surface area contributed by atoms with Gasteiger partial charge in [-0.15, -0.1) is 0 Å². The van der Waals surface area contributed by atoms with Crippen molar-refractivity contribution >= 4 is 51.7 Å². The molecule has 2 aliphatic heterocycles. The third-order valence-electron chi connectivity index (χ3n) is 6.85. The molecule has 8 nitrogen and oxygen atoms in total. The molecule has 3 aromatic carbocycles. The van der Waals surface area contributed by atoms with Gasteiger partial charge in [0.15, 0.2) is 11.5 Å². The maximum atomic E-state index is 13.3. The molecular weight excluding hydrogens is 528 g/mol. The molecule has 2 heterocycles. The predicted molar refractivity (Wildman–Crippen MR) is 160 cm³/mol. The van der Waals surface area contributed by atoms with Crippen LogP contribution in [0.5, 0.6) is 11.5 Å². The number of carbonyl (C=O) groups is 2. The van der Waals surface area contributed by atoms with Crippen LogP contribution in [0.1, 0.15) is 30.9 Å². The first-order valence-electron chi connectivity index (χ1n) is 13.4. The minimum Gasteiger partial charge on any atom is -0.486 e. The highest BCUT2D eigenvalue weighted by molar-refractivity contribution is 6.38. The van der Waals surface area contributed by atoms with E-state index in [4.69, 9.17) is 21.1 Å². The van der Waals surface area contributed by atoms with Crippen LogP contribution in [0.4, 0.5) is 17.1 Å². The second-order valence-corrected chi connectivity index (χ2v) is 10.4. The number of nitrogens with zero attached hydrogens (tertiary/aromatic N) is 2. The molecule has 9 heteroatoms. The van der Waals surface area contributed by atoms with Crippen LogP contribution in [0.25, 0.3) is 11.3 Å². The monoisotopic (exact) mass is 560 g/mol. The molecule has 208 valence electrons. The summed E-state index contributed by atoms with van der Waals surface area (Å²) in [6, 6.07) is 18.7. The van der Waals surface area contributed by atoms with Crippen molar-refractivity contribution < 1.29 is 19.1 Å². The fourth-order valence-electron chi connectivity index (χ4n) is 4.87. The number of rotatable bonds is 9. The Kier molecular flexibility index (Phi) is 8.28. The second kappa shape index (κ2) is 12.0. The standard InChI is InChI=1S/C31H33ClN4O4/c1-4-28(37)36(15-5-14-35(2)3)23-10-8-22(9-11-23)33-30(20-6-13-26-27(18-20)40-17-16-39-26)29-24-12-7-21(32)19-25(24)34-31(29)38/h6-13,18-19,33H,4-5,14-17H2,1-3H3,(H,34,38)/b30-29-. The molecule has 0 saturated carbocycles. The van der Waals surface area contributed by atoms with E-state index in [1.165, 1.54) is 0 Å². The molecule has 2 amide bonds. The summed E-state index contributed by atoms with van der Waals surface area (Å²) in [7, 11) is 4.05. The van der Waals surface area contributed by atoms with Gasteiger partial charge in [-0.3, -0.25) is 9.59 Å². The van der Waals surface area contributed by atoms with Crippen LogP contribution < -0.4 is 25.0 Å². The van der Waals surface area contributed by atoms with Crippen LogP contribution in [-0.4, -0.2) is 57.1 Å². The molecule has 2 N–H and O–H groups in total. The number of anilines is 3. The summed E-state index contributed by atoms with van der Waals surface area (Å²) in [6.07, 6.45) is 1.30. The number of fused-ring (bicyclic) bond motifs is 2. The van der Waals surface area contributed by atoms with Gasteiger partial charge in [0.05, 0.1) is 17.0 Å². The average molecular weight is 561 g/mol. The third-order valence-corrected chi connectivity index (χ3v) is 7.08. The van der Waals surface area contributed by atoms with Gasteiger partial charge < -0.3 is 29.9 Å². The van der Waals surface area contributed by atoms with Crippen molar-refractivity contribution in [2.75, 3.05) is 55.9 Å². The Hall–Kier alpha value is -4.01. The van der Waals surface area contributed by atoms with E-state index in [0.717, 1.165) is 35.5 Å². The van der Waals surface area contributed by atoms with Gasteiger partial charge in [0.1, 0.15) is 13.2 Å². The van der Waals surface area contributed by atoms with Crippen LogP contribution >= 0.6 is 11.6 Å². The second-order valence-electron chi connectivity index (χ2n) is 9.98. The lowest BCUT2D eigenvalue weighted by molar-refractivity contribution is -0.118. The highest BCUT2D eigenvalue weighted by atomic mass is 35.5. The number of hydrogen-bond acceptors (Lipinski definition) is 6. The quantitative estimate of drug-likeness (QED) is 0.325. The topological polar surface area (TPSA) is 83.1 Å². The zero-order chi connectivity index (χ0) is 28.2. The molecule has 0 radical (unpaired) electrons. The fourth-order valence-corrected chi connectivity index (χ4v) is 5.05. The largest absolute Gasteiger partial charge is 0.486 e. The van der Waals surface area contributed by atoms with Gasteiger partial charge >= 0.3 is 0 Å². The molecular formula is C31H33ClN4O4. The molecule has 0 spiro atoms. The van der Waals surface area contributed by atoms with Crippen molar-refractivity contribution in [1.82, 2.24) is 4.90 Å². The number of nitrogens with one attached hydrogen (secondary N) is 2. The van der Waals surface area contributed by atoms with E-state index in [1.54, 1.807) is 12.1 Å². The molecule has 0 aliphatic carbocycles. The molecule has 0 unspecified atom stereocenters. The lowest BCUT2D eigenvalue weighted by Crippen LogP contribution is -2.32. The summed E-state index contributed by atoms with van der Waals surface area (Å²) < 4.78 is 11.5. The highest BCUT2D eigenvalue weighted by Crippen LogP contribution is 2.41. The Morgan fingerprint density at radius 3 is 2.45 bits per heavy atom. The third kappa shape index (κ3) is 5.93. The summed E-state index contributed by atoms with van der Waals surface area (Å²) in [6.45, 7) is 4.37. The summed E-state index contributed by atoms with van der Waals surface area (Å²) in [5.74, 6) is 1.14. The highest BCUT2D eigenvalue weighted by Gasteiger charge is 2.29. The van der Waals surface area contributed by atoms with Gasteiger partial charge in [0, 0.05) is 40.5 Å². The molecule has 0 bridgehead atoms. The van der Waals surface area contributed by atoms with Gasteiger partial charge in [-0.2, -0.15) is 0 Å². The molecule has 0 fully saturated rings. The SMILES string of the molecule is CCC(=O)N(CCCN(C)C)c1ccc(N/C(=C2\C(=O)Nc3cc(Cl)ccc32)c2ccc3c(c2)OCCO3)cc1. The van der Waals surface area contributed by atoms with E-state index < -0.39 is 0 Å². The Labute approximate surface area is 239 Å². The minimum atomic E-state index is -0.230. The van der Waals surface area contributed by atoms with Gasteiger partial charge in [-0.05, 0) is 81.7 Å². The first-order valence-corrected chi connectivity index (χ1v) is 13.8. The Morgan fingerprint density at radius 1 is 0.975 bits per heavy atom. The zero-order valence-corrected chi connectivity index (χ0v) is 23.7. The Balaban J connectivity index is 1.51. The van der Waals surface area contributed by atoms with E-state index in [0.29, 0.717) is 59.7 Å². The number of ether oxygens (including phenoxy) is 2. The van der Waals surface area contributed by atoms with Crippen LogP contribution in [-0.2, 0) is 9.59 Å². The number of carbonyl (C=O) groups excluding carboxylic acids is 2. The van der Waals surface area contributed by atoms with Crippen molar-refractivity contribution in [3.8, 4) is 11.5 Å². The van der Waals surface area contributed by atoms with Crippen LogP contribution in [0.2, 0.25) is 5.02 Å². The van der Waals surface area contributed by atoms with Gasteiger partial charge in [-0.1, -0.05) is 24.6 Å². The molecule has 0 aromatic heterocycles. The summed E-state index contributed by atoms with van der Waals surface area (Å²) in [4.78, 5) is 29.9. The zero-order valence-electron chi connectivity index (χ0n) is 22.9. The summed E-state index contributed by atoms with van der Waals surface area (Å²) >= 11 is 6.20. The molecule has 40 heavy (non-hydrogen) atoms. The molecule has 5 rings (SSSR count). The van der Waals surface area contributed by atoms with E-state index in [1.807, 2.05) is 74.4 Å². The molecule has 2 aliphatic rings. The average Bonchev–Trinajstić information content (AvgIpc) is 3.28. The Bertz CT molecular complexity index is 1450. The van der Waals surface area contributed by atoms with E-state index in [2.05, 4.69) is 15.5 Å². The maximum Gasteiger partial charge on any atom is 0.258 e. The number of halogens is 1. The lowest BCUT2D eigenvalue weighted by Gasteiger charge is -2.24. The smallest absolute Gasteiger partial charge is 0.258 e. The lowest BCUT2D eigenvalue weighted by atomic mass is 9.99. The van der Waals surface area contributed by atoms with Crippen molar-refractivity contribution in [3.63, 3.8) is 0 Å². The van der Waals surface area contributed by atoms with Crippen molar-refractivity contribution in [3.05, 3.63) is 76.8 Å². The van der Waals surface area contributed by atoms with Crippen molar-refractivity contribution in [2.24, 2.45) is 0 Å². The first kappa shape index (κ1) is 27.6. The molecule has 0 saturated heterocycles. The van der Waals surface area contributed by atoms with E-state index in [-0.39, 0.29) is 11.8 Å². The fraction of sp³-hybridized carbons (Fsp3) is 0.290. The number of benzene rings is 3. The van der Waals surface area contributed by atoms with Gasteiger partial charge in [0.25, 0.3) is 5.91 Å². The Morgan fingerprint density at radius 2 is 1.73 bits per heavy atom. The van der Waals surface area contributed by atoms with Crippen molar-refractivity contribution in [2.45, 2.75) is 19.8 Å². The van der Waals surface area contributed by atoms with Crippen LogP contribution in [0, 0.1) is 0 Å². The number of amides is 2. The van der Waals surface area contributed by atoms with Crippen LogP contribution in [0.15, 0.2) is 60.7 Å². The predicted octanol–water partition coefficient (Wildman–Crippen LogP) is 5.74. The normalized spacial score (nSPS) is 15.0. The molecule has 0 atom stereocenters. The van der Waals surface area contributed by atoms with Gasteiger partial charge in [-0.25, -0.2) is 0 Å². The summed E-state index contributed by atoms with van der Waals surface area (Å²) in [5.41, 5.74) is 4.91.